The number of amides is 2. The smallest absolute Gasteiger partial charge is 0.497 e. The van der Waals surface area contributed by atoms with E-state index < -0.39 is 52.7 Å². The second kappa shape index (κ2) is 13.6. The number of nitrogens with zero attached hydrogens (tertiary/aromatic N) is 4. The molecular formula is C28H39N5O10. The van der Waals surface area contributed by atoms with Crippen LogP contribution < -0.4 is 10.1 Å². The molecule has 2 heterocycles. The predicted octanol–water partition coefficient (Wildman–Crippen LogP) is 4.08. The van der Waals surface area contributed by atoms with E-state index in [0.29, 0.717) is 5.75 Å². The Morgan fingerprint density at radius 3 is 2.28 bits per heavy atom. The fraction of sp³-hybridized carbons (Fsp3) is 0.571. The molecule has 1 aliphatic rings. The van der Waals surface area contributed by atoms with Crippen LogP contribution in [0.2, 0.25) is 0 Å². The van der Waals surface area contributed by atoms with Gasteiger partial charge in [-0.3, -0.25) is 4.90 Å². The monoisotopic (exact) mass is 605 g/mol. The lowest BCUT2D eigenvalue weighted by Gasteiger charge is -2.30. The molecule has 2 amide bonds. The van der Waals surface area contributed by atoms with E-state index in [-0.39, 0.29) is 32.0 Å². The van der Waals surface area contributed by atoms with Crippen molar-refractivity contribution in [2.75, 3.05) is 20.2 Å². The maximum Gasteiger partial charge on any atom is 0.509 e. The van der Waals surface area contributed by atoms with Crippen molar-refractivity contribution in [3.8, 4) is 5.75 Å². The molecule has 236 valence electrons. The molecule has 1 N–H and O–H groups in total. The van der Waals surface area contributed by atoms with Crippen molar-refractivity contribution in [2.24, 2.45) is 0 Å². The Morgan fingerprint density at radius 1 is 1.05 bits per heavy atom. The Balaban J connectivity index is 1.86. The summed E-state index contributed by atoms with van der Waals surface area (Å²) in [6.45, 7) is 10.1. The lowest BCUT2D eigenvalue weighted by atomic mass is 10.0. The number of imidazole rings is 1. The zero-order valence-corrected chi connectivity index (χ0v) is 25.4. The quantitative estimate of drug-likeness (QED) is 0.189. The minimum absolute atomic E-state index is 0.0285. The van der Waals surface area contributed by atoms with Crippen LogP contribution in [0.25, 0.3) is 0 Å². The van der Waals surface area contributed by atoms with E-state index in [1.165, 1.54) is 21.9 Å². The minimum Gasteiger partial charge on any atom is -0.497 e. The van der Waals surface area contributed by atoms with Crippen LogP contribution in [0.5, 0.6) is 5.75 Å². The summed E-state index contributed by atoms with van der Waals surface area (Å²) in [5.74, 6) is 0.264. The van der Waals surface area contributed by atoms with Crippen LogP contribution >= 0.6 is 0 Å². The fourth-order valence-electron chi connectivity index (χ4n) is 4.37. The highest BCUT2D eigenvalue weighted by atomic mass is 16.7. The average Bonchev–Trinajstić information content (AvgIpc) is 3.48. The highest BCUT2D eigenvalue weighted by Crippen LogP contribution is 2.30. The van der Waals surface area contributed by atoms with E-state index in [0.717, 1.165) is 5.56 Å². The van der Waals surface area contributed by atoms with Gasteiger partial charge in [-0.05, 0) is 70.6 Å². The zero-order chi connectivity index (χ0) is 31.9. The summed E-state index contributed by atoms with van der Waals surface area (Å²) >= 11 is 0. The van der Waals surface area contributed by atoms with E-state index in [1.807, 2.05) is 12.1 Å². The van der Waals surface area contributed by atoms with Crippen LogP contribution in [0, 0.1) is 10.1 Å². The number of hydrogen-bond donors (Lipinski definition) is 1. The van der Waals surface area contributed by atoms with Crippen molar-refractivity contribution in [3.05, 3.63) is 52.3 Å². The first kappa shape index (κ1) is 32.9. The molecule has 0 saturated carbocycles. The molecule has 1 aliphatic heterocycles. The maximum atomic E-state index is 13.3. The number of alkyl carbamates (subject to hydrolysis) is 1. The third-order valence-corrected chi connectivity index (χ3v) is 6.11. The molecule has 3 atom stereocenters. The number of nitrogens with one attached hydrogen (secondary N) is 1. The Kier molecular flexibility index (Phi) is 10.4. The summed E-state index contributed by atoms with van der Waals surface area (Å²) in [5.41, 5.74) is -0.888. The van der Waals surface area contributed by atoms with Gasteiger partial charge in [0.2, 0.25) is 0 Å². The number of nitro groups is 1. The molecule has 15 nitrogen and oxygen atoms in total. The molecule has 0 aliphatic carbocycles. The molecule has 2 aromatic rings. The number of carbonyl (C=O) groups excluding carboxylic acids is 3. The zero-order valence-electron chi connectivity index (χ0n) is 25.4. The molecule has 3 rings (SSSR count). The van der Waals surface area contributed by atoms with Crippen LogP contribution in [0.3, 0.4) is 0 Å². The van der Waals surface area contributed by atoms with E-state index in [4.69, 9.17) is 23.7 Å². The van der Waals surface area contributed by atoms with Crippen LogP contribution in [-0.2, 0) is 31.9 Å². The van der Waals surface area contributed by atoms with Gasteiger partial charge in [-0.25, -0.2) is 19.0 Å². The van der Waals surface area contributed by atoms with Gasteiger partial charge in [-0.15, -0.1) is 0 Å². The van der Waals surface area contributed by atoms with Gasteiger partial charge in [0.05, 0.1) is 32.8 Å². The number of benzene rings is 1. The highest BCUT2D eigenvalue weighted by molar-refractivity contribution is 5.71. The van der Waals surface area contributed by atoms with E-state index in [1.54, 1.807) is 60.8 Å². The summed E-state index contributed by atoms with van der Waals surface area (Å²) in [6.07, 6.45) is -1.85. The molecular weight excluding hydrogens is 566 g/mol. The lowest BCUT2D eigenvalue weighted by molar-refractivity contribution is -0.396. The number of aromatic nitrogens is 2. The molecule has 1 aromatic heterocycles. The van der Waals surface area contributed by atoms with E-state index in [9.17, 15) is 24.5 Å². The third-order valence-electron chi connectivity index (χ3n) is 6.11. The Hall–Kier alpha value is -4.56. The summed E-state index contributed by atoms with van der Waals surface area (Å²) in [5, 5.41) is 13.7. The van der Waals surface area contributed by atoms with Gasteiger partial charge in [0.25, 0.3) is 0 Å². The summed E-state index contributed by atoms with van der Waals surface area (Å²) in [4.78, 5) is 54.5. The highest BCUT2D eigenvalue weighted by Gasteiger charge is 2.50. The number of likely N-dealkylation sites (tertiary alicyclic amines) is 1. The van der Waals surface area contributed by atoms with Crippen molar-refractivity contribution < 1.29 is 43.0 Å². The first-order valence-electron chi connectivity index (χ1n) is 13.7. The summed E-state index contributed by atoms with van der Waals surface area (Å²) in [6, 6.07) is 6.34. The van der Waals surface area contributed by atoms with Crippen LogP contribution in [0.1, 0.15) is 47.1 Å². The fourth-order valence-corrected chi connectivity index (χ4v) is 4.37. The van der Waals surface area contributed by atoms with Gasteiger partial charge in [-0.2, -0.15) is 0 Å². The van der Waals surface area contributed by atoms with Crippen molar-refractivity contribution in [1.82, 2.24) is 19.8 Å². The van der Waals surface area contributed by atoms with Gasteiger partial charge in [-0.1, -0.05) is 17.1 Å². The molecule has 43 heavy (non-hydrogen) atoms. The Bertz CT molecular complexity index is 1280. The summed E-state index contributed by atoms with van der Waals surface area (Å²) in [7, 11) is 1.54. The molecule has 0 spiro atoms. The van der Waals surface area contributed by atoms with Crippen molar-refractivity contribution >= 4 is 24.3 Å². The van der Waals surface area contributed by atoms with Crippen molar-refractivity contribution in [2.45, 2.75) is 84.0 Å². The molecule has 1 aromatic carbocycles. The molecule has 15 heteroatoms. The van der Waals surface area contributed by atoms with Crippen LogP contribution in [0.4, 0.5) is 20.3 Å². The molecule has 0 bridgehead atoms. The SMILES string of the molecule is COc1ccc(C[C@@H]2[C@H](OC(=O)NCCn3ccnc3[N+](=O)[O-])[C@@H](OC(=O)OC(C)(C)C)CN2C(=O)OC(C)(C)C)cc1. The molecule has 1 saturated heterocycles. The van der Waals surface area contributed by atoms with Gasteiger partial charge in [0, 0.05) is 0 Å². The van der Waals surface area contributed by atoms with Crippen molar-refractivity contribution in [1.29, 1.82) is 0 Å². The van der Waals surface area contributed by atoms with Crippen LogP contribution in [-0.4, -0.2) is 87.4 Å². The first-order chi connectivity index (χ1) is 20.1. The number of carbonyl (C=O) groups is 3. The minimum atomic E-state index is -1.12. The normalized spacial score (nSPS) is 18.5. The van der Waals surface area contributed by atoms with Gasteiger partial charge in [0.1, 0.15) is 29.3 Å². The summed E-state index contributed by atoms with van der Waals surface area (Å²) < 4.78 is 28.8. The number of hydrogen-bond acceptors (Lipinski definition) is 11. The largest absolute Gasteiger partial charge is 0.509 e. The molecule has 0 radical (unpaired) electrons. The van der Waals surface area contributed by atoms with Crippen LogP contribution in [0.15, 0.2) is 36.7 Å². The maximum absolute atomic E-state index is 13.3. The Labute approximate surface area is 249 Å². The van der Waals surface area contributed by atoms with Gasteiger partial charge in [0.15, 0.2) is 12.2 Å². The lowest BCUT2D eigenvalue weighted by Crippen LogP contribution is -2.46. The standard InChI is InChI=1S/C28H39N5O10/c1-27(2,3)42-25(35)32-17-21(40-26(36)43-28(4,5)6)22(20(32)16-18-8-10-19(39-7)11-9-18)41-24(34)30-13-15-31-14-12-29-23(31)33(37)38/h8-12,14,20-22H,13,15-17H2,1-7H3,(H,30,34)/t20-,21+,22+/m1/s1. The second-order valence-corrected chi connectivity index (χ2v) is 11.8. The van der Waals surface area contributed by atoms with E-state index >= 15 is 0 Å². The third kappa shape index (κ3) is 9.75. The predicted molar refractivity (Wildman–Crippen MR) is 152 cm³/mol. The first-order valence-corrected chi connectivity index (χ1v) is 13.7. The number of rotatable bonds is 9. The van der Waals surface area contributed by atoms with E-state index in [2.05, 4.69) is 10.3 Å². The number of ether oxygens (including phenoxy) is 5. The molecule has 1 fully saturated rings. The number of methoxy groups -OCH3 is 1. The average molecular weight is 606 g/mol. The van der Waals surface area contributed by atoms with Gasteiger partial charge < -0.3 is 39.1 Å². The van der Waals surface area contributed by atoms with Crippen molar-refractivity contribution in [3.63, 3.8) is 0 Å². The Morgan fingerprint density at radius 2 is 1.70 bits per heavy atom. The topological polar surface area (TPSA) is 174 Å². The second-order valence-electron chi connectivity index (χ2n) is 11.8. The van der Waals surface area contributed by atoms with Gasteiger partial charge >= 0.3 is 24.3 Å². The molecule has 0 unspecified atom stereocenters.